The van der Waals surface area contributed by atoms with Crippen LogP contribution in [0.5, 0.6) is 0 Å². The number of hydrogen-bond acceptors (Lipinski definition) is 3. The molecule has 3 aromatic rings. The molecular weight excluding hydrogens is 364 g/mol. The summed E-state index contributed by atoms with van der Waals surface area (Å²) < 4.78 is 0. The zero-order valence-corrected chi connectivity index (χ0v) is 15.8. The largest absolute Gasteiger partial charge is 0.326 e. The average molecular weight is 383 g/mol. The number of nitrogens with one attached hydrogen (secondary N) is 1. The predicted octanol–water partition coefficient (Wildman–Crippen LogP) is 5.45. The molecule has 5 heteroatoms. The Morgan fingerprint density at radius 3 is 2.27 bits per heavy atom. The lowest BCUT2D eigenvalue weighted by molar-refractivity contribution is -0.115. The molecule has 1 amide bonds. The normalized spacial score (nSPS) is 10.5. The van der Waals surface area contributed by atoms with Crippen LogP contribution in [0.4, 0.5) is 5.69 Å². The van der Waals surface area contributed by atoms with Crippen LogP contribution in [-0.2, 0) is 11.2 Å². The Morgan fingerprint density at radius 1 is 0.923 bits per heavy atom. The number of anilines is 1. The molecule has 0 radical (unpaired) electrons. The minimum absolute atomic E-state index is 0.0216. The summed E-state index contributed by atoms with van der Waals surface area (Å²) in [5.74, 6) is 0.751. The number of carbonyl (C=O) groups excluding carboxylic acids is 1. The summed E-state index contributed by atoms with van der Waals surface area (Å²) in [4.78, 5) is 17.2. The van der Waals surface area contributed by atoms with Gasteiger partial charge in [-0.2, -0.15) is 0 Å². The van der Waals surface area contributed by atoms with Crippen molar-refractivity contribution in [3.63, 3.8) is 0 Å². The molecule has 1 heterocycles. The molecule has 0 aliphatic carbocycles. The molecule has 0 spiro atoms. The van der Waals surface area contributed by atoms with Crippen LogP contribution < -0.4 is 5.32 Å². The maximum atomic E-state index is 12.1. The van der Waals surface area contributed by atoms with Crippen LogP contribution in [0.3, 0.4) is 0 Å². The van der Waals surface area contributed by atoms with E-state index in [9.17, 15) is 4.79 Å². The number of rotatable bonds is 7. The van der Waals surface area contributed by atoms with E-state index in [0.29, 0.717) is 6.42 Å². The molecule has 0 aliphatic heterocycles. The van der Waals surface area contributed by atoms with Crippen LogP contribution in [0.2, 0.25) is 5.02 Å². The van der Waals surface area contributed by atoms with Crippen LogP contribution in [-0.4, -0.2) is 16.6 Å². The summed E-state index contributed by atoms with van der Waals surface area (Å²) in [6.45, 7) is 0. The molecule has 0 saturated heterocycles. The van der Waals surface area contributed by atoms with Crippen molar-refractivity contribution in [3.05, 3.63) is 89.2 Å². The monoisotopic (exact) mass is 382 g/mol. The summed E-state index contributed by atoms with van der Waals surface area (Å²) in [6.07, 6.45) is 4.92. The fourth-order valence-electron chi connectivity index (χ4n) is 2.46. The van der Waals surface area contributed by atoms with Gasteiger partial charge in [0.15, 0.2) is 0 Å². The minimum atomic E-state index is 0.0216. The molecule has 26 heavy (non-hydrogen) atoms. The fourth-order valence-corrected chi connectivity index (χ4v) is 3.44. The molecular formula is C21H19ClN2OS. The molecule has 3 rings (SSSR count). The molecule has 0 atom stereocenters. The van der Waals surface area contributed by atoms with E-state index >= 15 is 0 Å². The number of thioether (sulfide) groups is 1. The molecule has 0 aliphatic rings. The van der Waals surface area contributed by atoms with Gasteiger partial charge in [0.25, 0.3) is 0 Å². The first-order valence-corrected chi connectivity index (χ1v) is 9.71. The quantitative estimate of drug-likeness (QED) is 0.552. The number of aromatic nitrogens is 1. The number of amides is 1. The zero-order valence-electron chi connectivity index (χ0n) is 14.2. The van der Waals surface area contributed by atoms with Crippen LogP contribution in [0.25, 0.3) is 0 Å². The van der Waals surface area contributed by atoms with Crippen molar-refractivity contribution in [3.8, 4) is 0 Å². The molecule has 0 saturated carbocycles. The Hall–Kier alpha value is -2.30. The number of hydrogen-bond donors (Lipinski definition) is 1. The van der Waals surface area contributed by atoms with Crippen LogP contribution in [0.1, 0.15) is 17.5 Å². The van der Waals surface area contributed by atoms with E-state index < -0.39 is 0 Å². The highest BCUT2D eigenvalue weighted by Crippen LogP contribution is 2.21. The van der Waals surface area contributed by atoms with Gasteiger partial charge in [0.2, 0.25) is 5.91 Å². The highest BCUT2D eigenvalue weighted by Gasteiger charge is 2.04. The molecule has 1 aromatic heterocycles. The molecule has 0 fully saturated rings. The van der Waals surface area contributed by atoms with Gasteiger partial charge < -0.3 is 5.32 Å². The van der Waals surface area contributed by atoms with E-state index in [2.05, 4.69) is 10.3 Å². The Balaban J connectivity index is 1.44. The van der Waals surface area contributed by atoms with Gasteiger partial charge in [0.05, 0.1) is 0 Å². The molecule has 132 valence electrons. The highest BCUT2D eigenvalue weighted by atomic mass is 35.5. The SMILES string of the molecule is O=C(CCSc1ccc(Cl)cc1)Nc1ccc(Cc2ccncc2)cc1. The second-order valence-corrected chi connectivity index (χ2v) is 7.43. The molecule has 0 unspecified atom stereocenters. The lowest BCUT2D eigenvalue weighted by Crippen LogP contribution is -2.12. The van der Waals surface area contributed by atoms with Crippen molar-refractivity contribution in [1.82, 2.24) is 4.98 Å². The van der Waals surface area contributed by atoms with Crippen LogP contribution >= 0.6 is 23.4 Å². The van der Waals surface area contributed by atoms with Crippen molar-refractivity contribution < 1.29 is 4.79 Å². The van der Waals surface area contributed by atoms with Gasteiger partial charge in [-0.3, -0.25) is 9.78 Å². The molecule has 2 aromatic carbocycles. The topological polar surface area (TPSA) is 42.0 Å². The van der Waals surface area contributed by atoms with Crippen LogP contribution in [0, 0.1) is 0 Å². The maximum Gasteiger partial charge on any atom is 0.225 e. The number of pyridine rings is 1. The van der Waals surface area contributed by atoms with Crippen molar-refractivity contribution in [2.24, 2.45) is 0 Å². The maximum absolute atomic E-state index is 12.1. The Labute approximate surface area is 162 Å². The average Bonchev–Trinajstić information content (AvgIpc) is 2.66. The summed E-state index contributed by atoms with van der Waals surface area (Å²) in [6, 6.07) is 19.6. The standard InChI is InChI=1S/C21H19ClN2OS/c22-18-3-7-20(8-4-18)26-14-11-21(25)24-19-5-1-16(2-6-19)15-17-9-12-23-13-10-17/h1-10,12-13H,11,14-15H2,(H,24,25). The summed E-state index contributed by atoms with van der Waals surface area (Å²) in [5.41, 5.74) is 3.24. The third kappa shape index (κ3) is 5.90. The van der Waals surface area contributed by atoms with E-state index in [1.807, 2.05) is 60.7 Å². The lowest BCUT2D eigenvalue weighted by Gasteiger charge is -2.07. The first-order chi connectivity index (χ1) is 12.7. The van der Waals surface area contributed by atoms with Gasteiger partial charge in [-0.05, 0) is 66.1 Å². The number of benzene rings is 2. The second-order valence-electron chi connectivity index (χ2n) is 5.83. The zero-order chi connectivity index (χ0) is 18.2. The molecule has 3 nitrogen and oxygen atoms in total. The van der Waals surface area contributed by atoms with Gasteiger partial charge >= 0.3 is 0 Å². The number of halogens is 1. The van der Waals surface area contributed by atoms with Gasteiger partial charge in [-0.15, -0.1) is 11.8 Å². The van der Waals surface area contributed by atoms with Crippen molar-refractivity contribution in [2.75, 3.05) is 11.1 Å². The molecule has 0 bridgehead atoms. The minimum Gasteiger partial charge on any atom is -0.326 e. The number of nitrogens with zero attached hydrogens (tertiary/aromatic N) is 1. The van der Waals surface area contributed by atoms with Crippen molar-refractivity contribution in [2.45, 2.75) is 17.7 Å². The van der Waals surface area contributed by atoms with Gasteiger partial charge in [-0.1, -0.05) is 23.7 Å². The van der Waals surface area contributed by atoms with Gasteiger partial charge in [-0.25, -0.2) is 0 Å². The fraction of sp³-hybridized carbons (Fsp3) is 0.143. The van der Waals surface area contributed by atoms with E-state index in [0.717, 1.165) is 27.8 Å². The Bertz CT molecular complexity index is 836. The van der Waals surface area contributed by atoms with Crippen molar-refractivity contribution in [1.29, 1.82) is 0 Å². The summed E-state index contributed by atoms with van der Waals surface area (Å²) >= 11 is 7.51. The van der Waals surface area contributed by atoms with E-state index in [1.165, 1.54) is 11.1 Å². The lowest BCUT2D eigenvalue weighted by atomic mass is 10.1. The first-order valence-electron chi connectivity index (χ1n) is 8.35. The second kappa shape index (κ2) is 9.41. The number of carbonyl (C=O) groups is 1. The van der Waals surface area contributed by atoms with Gasteiger partial charge in [0.1, 0.15) is 0 Å². The predicted molar refractivity (Wildman–Crippen MR) is 109 cm³/mol. The highest BCUT2D eigenvalue weighted by molar-refractivity contribution is 7.99. The van der Waals surface area contributed by atoms with Crippen molar-refractivity contribution >= 4 is 35.0 Å². The Kier molecular flexibility index (Phi) is 6.69. The van der Waals surface area contributed by atoms with E-state index in [4.69, 9.17) is 11.6 Å². The summed E-state index contributed by atoms with van der Waals surface area (Å²) in [5, 5.41) is 3.67. The summed E-state index contributed by atoms with van der Waals surface area (Å²) in [7, 11) is 0. The van der Waals surface area contributed by atoms with Gasteiger partial charge in [0, 0.05) is 40.2 Å². The smallest absolute Gasteiger partial charge is 0.225 e. The molecule has 1 N–H and O–H groups in total. The Morgan fingerprint density at radius 2 is 1.58 bits per heavy atom. The third-order valence-electron chi connectivity index (χ3n) is 3.81. The third-order valence-corrected chi connectivity index (χ3v) is 5.07. The van der Waals surface area contributed by atoms with E-state index in [-0.39, 0.29) is 5.91 Å². The van der Waals surface area contributed by atoms with E-state index in [1.54, 1.807) is 24.2 Å². The first kappa shape index (κ1) is 18.5. The van der Waals surface area contributed by atoms with Crippen LogP contribution in [0.15, 0.2) is 78.0 Å².